The minimum absolute atomic E-state index is 0.00951. The summed E-state index contributed by atoms with van der Waals surface area (Å²) in [6.45, 7) is 3.97. The van der Waals surface area contributed by atoms with E-state index in [4.69, 9.17) is 0 Å². The Morgan fingerprint density at radius 3 is 2.45 bits per heavy atom. The number of aromatic nitrogens is 3. The first-order valence-electron chi connectivity index (χ1n) is 10.7. The molecule has 4 rings (SSSR count). The van der Waals surface area contributed by atoms with Crippen molar-refractivity contribution in [3.05, 3.63) is 74.1 Å². The molecule has 1 aliphatic carbocycles. The van der Waals surface area contributed by atoms with Crippen molar-refractivity contribution in [3.8, 4) is 0 Å². The van der Waals surface area contributed by atoms with Gasteiger partial charge in [0.25, 0.3) is 11.5 Å². The lowest BCUT2D eigenvalue weighted by Crippen LogP contribution is -2.39. The number of carbonyl (C=O) groups is 1. The number of amides is 1. The van der Waals surface area contributed by atoms with Gasteiger partial charge in [-0.25, -0.2) is 9.78 Å². The number of fused-ring (bicyclic) bond motifs is 1. The number of alkyl halides is 3. The summed E-state index contributed by atoms with van der Waals surface area (Å²) in [4.78, 5) is 45.0. The summed E-state index contributed by atoms with van der Waals surface area (Å²) >= 11 is 0. The molecular weight excluding hydrogens is 437 g/mol. The van der Waals surface area contributed by atoms with Crippen molar-refractivity contribution < 1.29 is 18.0 Å². The van der Waals surface area contributed by atoms with Crippen molar-refractivity contribution in [3.63, 3.8) is 0 Å². The lowest BCUT2D eigenvalue weighted by Gasteiger charge is -2.22. The van der Waals surface area contributed by atoms with E-state index in [-0.39, 0.29) is 40.5 Å². The molecule has 1 saturated carbocycles. The highest BCUT2D eigenvalue weighted by Crippen LogP contribution is 2.40. The number of rotatable bonds is 6. The number of benzene rings is 1. The topological polar surface area (TPSA) is 96.9 Å². The number of halogens is 3. The molecule has 1 aliphatic rings. The van der Waals surface area contributed by atoms with Gasteiger partial charge in [-0.05, 0) is 30.4 Å². The third-order valence-corrected chi connectivity index (χ3v) is 5.49. The van der Waals surface area contributed by atoms with Crippen LogP contribution < -0.4 is 16.6 Å². The van der Waals surface area contributed by atoms with Crippen molar-refractivity contribution >= 4 is 16.9 Å². The maximum Gasteiger partial charge on any atom is 0.412 e. The van der Waals surface area contributed by atoms with Gasteiger partial charge in [0.15, 0.2) is 11.7 Å². The van der Waals surface area contributed by atoms with Crippen LogP contribution in [0.2, 0.25) is 0 Å². The first kappa shape index (κ1) is 22.8. The SMILES string of the molecule is CC(C)Cn1c(=O)[nH]c(=O)c2c(C(=O)NC(c3ccccc3)C(F)(F)F)cc(C3CC3)nc21. The number of hydrogen-bond donors (Lipinski definition) is 2. The molecule has 174 valence electrons. The second kappa shape index (κ2) is 8.49. The lowest BCUT2D eigenvalue weighted by molar-refractivity contribution is -0.155. The fourth-order valence-corrected chi connectivity index (χ4v) is 3.80. The van der Waals surface area contributed by atoms with Crippen LogP contribution in [0.3, 0.4) is 0 Å². The molecule has 0 radical (unpaired) electrons. The minimum Gasteiger partial charge on any atom is -0.337 e. The van der Waals surface area contributed by atoms with E-state index in [0.717, 1.165) is 12.8 Å². The average molecular weight is 460 g/mol. The van der Waals surface area contributed by atoms with Crippen molar-refractivity contribution in [2.45, 2.75) is 51.4 Å². The Bertz CT molecular complexity index is 1310. The molecular formula is C23H23F3N4O3. The van der Waals surface area contributed by atoms with Crippen molar-refractivity contribution in [2.24, 2.45) is 5.92 Å². The number of nitrogens with zero attached hydrogens (tertiary/aromatic N) is 2. The lowest BCUT2D eigenvalue weighted by atomic mass is 10.0. The van der Waals surface area contributed by atoms with Crippen LogP contribution in [0.15, 0.2) is 46.0 Å². The van der Waals surface area contributed by atoms with Gasteiger partial charge in [0, 0.05) is 18.2 Å². The van der Waals surface area contributed by atoms with Gasteiger partial charge in [-0.2, -0.15) is 13.2 Å². The van der Waals surface area contributed by atoms with Crippen LogP contribution >= 0.6 is 0 Å². The zero-order valence-electron chi connectivity index (χ0n) is 18.1. The molecule has 0 bridgehead atoms. The van der Waals surface area contributed by atoms with Crippen LogP contribution in [0.5, 0.6) is 0 Å². The largest absolute Gasteiger partial charge is 0.412 e. The molecule has 1 unspecified atom stereocenters. The average Bonchev–Trinajstić information content (AvgIpc) is 3.59. The molecule has 2 aromatic heterocycles. The second-order valence-electron chi connectivity index (χ2n) is 8.69. The zero-order chi connectivity index (χ0) is 23.9. The molecule has 3 aromatic rings. The molecule has 0 aliphatic heterocycles. The summed E-state index contributed by atoms with van der Waals surface area (Å²) in [6, 6.07) is 6.11. The smallest absolute Gasteiger partial charge is 0.337 e. The molecule has 1 atom stereocenters. The summed E-state index contributed by atoms with van der Waals surface area (Å²) in [7, 11) is 0. The molecule has 2 N–H and O–H groups in total. The Morgan fingerprint density at radius 1 is 1.21 bits per heavy atom. The monoisotopic (exact) mass is 460 g/mol. The molecule has 1 aromatic carbocycles. The number of nitrogens with one attached hydrogen (secondary N) is 2. The van der Waals surface area contributed by atoms with E-state index in [0.29, 0.717) is 5.69 Å². The van der Waals surface area contributed by atoms with Crippen molar-refractivity contribution in [1.82, 2.24) is 19.9 Å². The van der Waals surface area contributed by atoms with Gasteiger partial charge >= 0.3 is 11.9 Å². The van der Waals surface area contributed by atoms with Crippen LogP contribution in [0, 0.1) is 5.92 Å². The van der Waals surface area contributed by atoms with Crippen LogP contribution in [-0.2, 0) is 6.54 Å². The van der Waals surface area contributed by atoms with Gasteiger partial charge in [0.05, 0.1) is 10.9 Å². The second-order valence-corrected chi connectivity index (χ2v) is 8.69. The standard InChI is InChI=1S/C23H23F3N4O3/c1-12(2)11-30-19-17(21(32)29-22(30)33)15(10-16(27-19)13-8-9-13)20(31)28-18(23(24,25)26)14-6-4-3-5-7-14/h3-7,10,12-13,18H,8-9,11H2,1-2H3,(H,28,31)(H,29,32,33). The maximum absolute atomic E-state index is 13.8. The van der Waals surface area contributed by atoms with E-state index in [1.165, 1.54) is 34.9 Å². The predicted molar refractivity (Wildman–Crippen MR) is 116 cm³/mol. The predicted octanol–water partition coefficient (Wildman–Crippen LogP) is 3.65. The van der Waals surface area contributed by atoms with Gasteiger partial charge in [-0.3, -0.25) is 19.1 Å². The van der Waals surface area contributed by atoms with E-state index in [1.54, 1.807) is 6.07 Å². The van der Waals surface area contributed by atoms with E-state index < -0.39 is 29.4 Å². The minimum atomic E-state index is -4.76. The number of carbonyl (C=O) groups excluding carboxylic acids is 1. The first-order chi connectivity index (χ1) is 15.6. The molecule has 2 heterocycles. The highest BCUT2D eigenvalue weighted by Gasteiger charge is 2.42. The van der Waals surface area contributed by atoms with E-state index in [2.05, 4.69) is 9.97 Å². The van der Waals surface area contributed by atoms with E-state index in [9.17, 15) is 27.6 Å². The molecule has 0 saturated heterocycles. The third kappa shape index (κ3) is 4.69. The van der Waals surface area contributed by atoms with Crippen LogP contribution in [0.4, 0.5) is 13.2 Å². The molecule has 10 heteroatoms. The van der Waals surface area contributed by atoms with Crippen molar-refractivity contribution in [2.75, 3.05) is 0 Å². The highest BCUT2D eigenvalue weighted by molar-refractivity contribution is 6.05. The molecule has 7 nitrogen and oxygen atoms in total. The van der Waals surface area contributed by atoms with Gasteiger partial charge < -0.3 is 5.32 Å². The first-order valence-corrected chi connectivity index (χ1v) is 10.7. The Hall–Kier alpha value is -3.43. The number of hydrogen-bond acceptors (Lipinski definition) is 4. The molecule has 1 fully saturated rings. The molecule has 1 amide bonds. The normalized spacial score (nSPS) is 15.1. The fourth-order valence-electron chi connectivity index (χ4n) is 3.80. The maximum atomic E-state index is 13.8. The van der Waals surface area contributed by atoms with Gasteiger partial charge in [-0.15, -0.1) is 0 Å². The Kier molecular flexibility index (Phi) is 5.85. The fraction of sp³-hybridized carbons (Fsp3) is 0.391. The quantitative estimate of drug-likeness (QED) is 0.587. The summed E-state index contributed by atoms with van der Waals surface area (Å²) < 4.78 is 42.7. The Labute approximate surface area is 186 Å². The zero-order valence-corrected chi connectivity index (χ0v) is 18.1. The highest BCUT2D eigenvalue weighted by atomic mass is 19.4. The van der Waals surface area contributed by atoms with Crippen LogP contribution in [0.25, 0.3) is 11.0 Å². The Balaban J connectivity index is 1.88. The van der Waals surface area contributed by atoms with Crippen LogP contribution in [-0.4, -0.2) is 26.6 Å². The summed E-state index contributed by atoms with van der Waals surface area (Å²) in [5.74, 6) is -1.00. The molecule has 33 heavy (non-hydrogen) atoms. The van der Waals surface area contributed by atoms with E-state index >= 15 is 0 Å². The summed E-state index contributed by atoms with van der Waals surface area (Å²) in [5.41, 5.74) is -1.41. The van der Waals surface area contributed by atoms with Crippen LogP contribution in [0.1, 0.15) is 60.3 Å². The number of H-pyrrole nitrogens is 1. The van der Waals surface area contributed by atoms with Gasteiger partial charge in [-0.1, -0.05) is 44.2 Å². The summed E-state index contributed by atoms with van der Waals surface area (Å²) in [5, 5.41) is 1.84. The van der Waals surface area contributed by atoms with Gasteiger partial charge in [0.2, 0.25) is 0 Å². The third-order valence-electron chi connectivity index (χ3n) is 5.49. The number of pyridine rings is 1. The molecule has 0 spiro atoms. The number of aromatic amines is 1. The summed E-state index contributed by atoms with van der Waals surface area (Å²) in [6.07, 6.45) is -3.13. The van der Waals surface area contributed by atoms with Gasteiger partial charge in [0.1, 0.15) is 0 Å². The van der Waals surface area contributed by atoms with Crippen molar-refractivity contribution in [1.29, 1.82) is 0 Å². The van der Waals surface area contributed by atoms with E-state index in [1.807, 2.05) is 19.2 Å². The Morgan fingerprint density at radius 2 is 1.88 bits per heavy atom.